The Labute approximate surface area is 208 Å². The van der Waals surface area contributed by atoms with Gasteiger partial charge in [-0.25, -0.2) is 13.9 Å². The van der Waals surface area contributed by atoms with Crippen LogP contribution in [0.15, 0.2) is 36.5 Å². The van der Waals surface area contributed by atoms with E-state index in [4.69, 9.17) is 34.8 Å². The summed E-state index contributed by atoms with van der Waals surface area (Å²) in [7, 11) is -1.73. The van der Waals surface area contributed by atoms with E-state index in [1.54, 1.807) is 6.92 Å². The highest BCUT2D eigenvalue weighted by Gasteiger charge is 2.37. The highest BCUT2D eigenvalue weighted by Crippen LogP contribution is 2.33. The Bertz CT molecular complexity index is 1300. The van der Waals surface area contributed by atoms with Crippen molar-refractivity contribution in [2.24, 2.45) is 0 Å². The van der Waals surface area contributed by atoms with Crippen LogP contribution in [-0.2, 0) is 17.2 Å². The molecule has 2 amide bonds. The minimum atomic E-state index is -4.88. The zero-order chi connectivity index (χ0) is 25.2. The molecule has 3 rings (SSSR count). The number of aromatic nitrogens is 3. The average Bonchev–Trinajstić information content (AvgIpc) is 3.21. The van der Waals surface area contributed by atoms with Gasteiger partial charge in [-0.2, -0.15) is 18.3 Å². The van der Waals surface area contributed by atoms with E-state index in [1.165, 1.54) is 24.4 Å². The predicted octanol–water partition coefficient (Wildman–Crippen LogP) is 4.91. The summed E-state index contributed by atoms with van der Waals surface area (Å²) in [6.45, 7) is 1.56. The zero-order valence-electron chi connectivity index (χ0n) is 16.9. The molecular weight excluding hydrogens is 542 g/mol. The van der Waals surface area contributed by atoms with Crippen molar-refractivity contribution in [2.75, 3.05) is 11.1 Å². The number of nitrogens with one attached hydrogen (secondary N) is 2. The van der Waals surface area contributed by atoms with Crippen LogP contribution in [0.1, 0.15) is 33.5 Å². The number of carbonyl (C=O) groups is 2. The van der Waals surface area contributed by atoms with E-state index in [-0.39, 0.29) is 37.9 Å². The molecule has 2 aromatic heterocycles. The van der Waals surface area contributed by atoms with Gasteiger partial charge < -0.3 is 5.32 Å². The average molecular weight is 555 g/mol. The van der Waals surface area contributed by atoms with E-state index in [1.807, 2.05) is 0 Å². The first-order valence-corrected chi connectivity index (χ1v) is 11.7. The number of pyridine rings is 1. The van der Waals surface area contributed by atoms with Gasteiger partial charge >= 0.3 is 6.18 Å². The number of carbonyl (C=O) groups excluding carboxylic acids is 2. The second-order valence-corrected chi connectivity index (χ2v) is 9.19. The molecule has 1 unspecified atom stereocenters. The topological polar surface area (TPSA) is 106 Å². The van der Waals surface area contributed by atoms with Crippen LogP contribution in [0.2, 0.25) is 15.1 Å². The van der Waals surface area contributed by atoms with Crippen molar-refractivity contribution in [1.82, 2.24) is 19.5 Å². The van der Waals surface area contributed by atoms with Crippen molar-refractivity contribution >= 4 is 63.3 Å². The van der Waals surface area contributed by atoms with Crippen LogP contribution >= 0.6 is 34.8 Å². The lowest BCUT2D eigenvalue weighted by molar-refractivity contribution is -0.141. The number of rotatable bonds is 6. The fraction of sp³-hybridized carbons (Fsp3) is 0.158. The zero-order valence-corrected chi connectivity index (χ0v) is 20.0. The molecule has 0 aliphatic rings. The second kappa shape index (κ2) is 10.3. The summed E-state index contributed by atoms with van der Waals surface area (Å²) in [5, 5.41) is 5.50. The fourth-order valence-corrected chi connectivity index (χ4v) is 3.87. The number of amides is 2. The highest BCUT2D eigenvalue weighted by atomic mass is 35.5. The molecule has 180 valence electrons. The largest absolute Gasteiger partial charge is 0.435 e. The van der Waals surface area contributed by atoms with E-state index < -0.39 is 40.4 Å². The normalized spacial score (nSPS) is 12.3. The minimum Gasteiger partial charge on any atom is -0.319 e. The van der Waals surface area contributed by atoms with Crippen LogP contribution < -0.4 is 10.0 Å². The molecule has 34 heavy (non-hydrogen) atoms. The van der Waals surface area contributed by atoms with Crippen molar-refractivity contribution in [3.8, 4) is 5.82 Å². The van der Waals surface area contributed by atoms with Gasteiger partial charge in [0.15, 0.2) is 11.5 Å². The van der Waals surface area contributed by atoms with E-state index >= 15 is 0 Å². The van der Waals surface area contributed by atoms with E-state index in [0.29, 0.717) is 10.7 Å². The molecule has 0 radical (unpaired) electrons. The molecule has 0 aliphatic heterocycles. The first-order valence-electron chi connectivity index (χ1n) is 9.20. The molecule has 0 spiro atoms. The number of hydrogen-bond donors (Lipinski definition) is 2. The maximum atomic E-state index is 13.3. The van der Waals surface area contributed by atoms with E-state index in [2.05, 4.69) is 20.1 Å². The van der Waals surface area contributed by atoms with Gasteiger partial charge in [-0.1, -0.05) is 41.7 Å². The summed E-state index contributed by atoms with van der Waals surface area (Å²) in [5.41, 5.74) is -2.50. The Kier molecular flexibility index (Phi) is 7.86. The van der Waals surface area contributed by atoms with Crippen molar-refractivity contribution in [3.63, 3.8) is 0 Å². The van der Waals surface area contributed by atoms with E-state index in [0.717, 1.165) is 6.07 Å². The molecule has 2 heterocycles. The van der Waals surface area contributed by atoms with Gasteiger partial charge in [0.05, 0.1) is 21.3 Å². The van der Waals surface area contributed by atoms with Crippen LogP contribution in [0.25, 0.3) is 5.82 Å². The van der Waals surface area contributed by atoms with Crippen molar-refractivity contribution in [1.29, 1.82) is 0 Å². The number of anilines is 1. The van der Waals surface area contributed by atoms with Crippen molar-refractivity contribution in [2.45, 2.75) is 13.1 Å². The Hall–Kier alpha value is -2.67. The van der Waals surface area contributed by atoms with Gasteiger partial charge in [0.1, 0.15) is 16.7 Å². The minimum absolute atomic E-state index is 0.0279. The highest BCUT2D eigenvalue weighted by molar-refractivity contribution is 7.83. The van der Waals surface area contributed by atoms with Gasteiger partial charge in [-0.05, 0) is 24.3 Å². The Morgan fingerprint density at radius 1 is 1.12 bits per heavy atom. The Morgan fingerprint density at radius 2 is 1.82 bits per heavy atom. The number of hydrogen-bond acceptors (Lipinski definition) is 5. The summed E-state index contributed by atoms with van der Waals surface area (Å²) < 4.78 is 54.6. The molecule has 0 fully saturated rings. The van der Waals surface area contributed by atoms with Gasteiger partial charge in [-0.3, -0.25) is 14.3 Å². The van der Waals surface area contributed by atoms with Gasteiger partial charge in [-0.15, -0.1) is 0 Å². The maximum Gasteiger partial charge on any atom is 0.435 e. The number of halogens is 6. The Morgan fingerprint density at radius 3 is 2.44 bits per heavy atom. The first kappa shape index (κ1) is 25.9. The molecule has 15 heteroatoms. The van der Waals surface area contributed by atoms with Crippen LogP contribution in [0.4, 0.5) is 18.9 Å². The molecule has 1 atom stereocenters. The summed E-state index contributed by atoms with van der Waals surface area (Å²) in [5.74, 6) is -2.12. The summed E-state index contributed by atoms with van der Waals surface area (Å²) in [4.78, 5) is 29.5. The van der Waals surface area contributed by atoms with E-state index in [9.17, 15) is 27.0 Å². The monoisotopic (exact) mass is 553 g/mol. The number of alkyl halides is 3. The lowest BCUT2D eigenvalue weighted by Gasteiger charge is -2.14. The molecule has 0 bridgehead atoms. The van der Waals surface area contributed by atoms with Gasteiger partial charge in [0, 0.05) is 23.0 Å². The smallest absolute Gasteiger partial charge is 0.319 e. The molecule has 0 aliphatic carbocycles. The third-order valence-corrected chi connectivity index (χ3v) is 5.93. The first-order chi connectivity index (χ1) is 15.9. The molecule has 1 aromatic carbocycles. The Balaban J connectivity index is 2.09. The standard InChI is InChI=1S/C19H13Cl3F3N5O3S/c1-2-34(33)29-17(31)10-6-9(20)7-12(22)15(10)27-18(32)13-8-14(19(23,24)25)28-30(13)16-11(21)4-3-5-26-16/h3-8H,2H2,1H3,(H,27,32)(H,29,31). The molecule has 8 nitrogen and oxygen atoms in total. The van der Waals surface area contributed by atoms with Crippen LogP contribution in [0, 0.1) is 0 Å². The summed E-state index contributed by atoms with van der Waals surface area (Å²) >= 11 is 18.1. The molecule has 2 N–H and O–H groups in total. The third-order valence-electron chi connectivity index (χ3n) is 4.18. The summed E-state index contributed by atoms with van der Waals surface area (Å²) in [6.07, 6.45) is -3.63. The quantitative estimate of drug-likeness (QED) is 0.450. The van der Waals surface area contributed by atoms with Crippen LogP contribution in [-0.4, -0.2) is 36.5 Å². The fourth-order valence-electron chi connectivity index (χ4n) is 2.66. The van der Waals surface area contributed by atoms with Crippen molar-refractivity contribution in [3.05, 3.63) is 68.5 Å². The van der Waals surface area contributed by atoms with Gasteiger partial charge in [0.25, 0.3) is 11.8 Å². The van der Waals surface area contributed by atoms with Crippen LogP contribution in [0.3, 0.4) is 0 Å². The number of nitrogens with zero attached hydrogens (tertiary/aromatic N) is 3. The second-order valence-electron chi connectivity index (χ2n) is 6.46. The third kappa shape index (κ3) is 5.69. The molecule has 0 saturated carbocycles. The van der Waals surface area contributed by atoms with Gasteiger partial charge in [0.2, 0.25) is 0 Å². The number of benzene rings is 1. The molecular formula is C19H13Cl3F3N5O3S. The maximum absolute atomic E-state index is 13.3. The SMILES string of the molecule is CCS(=O)NC(=O)c1cc(Cl)cc(Cl)c1NC(=O)c1cc(C(F)(F)F)nn1-c1ncccc1Cl. The van der Waals surface area contributed by atoms with Crippen LogP contribution in [0.5, 0.6) is 0 Å². The summed E-state index contributed by atoms with van der Waals surface area (Å²) in [6, 6.07) is 5.65. The molecule has 0 saturated heterocycles. The van der Waals surface area contributed by atoms with Crippen molar-refractivity contribution < 1.29 is 27.0 Å². The lowest BCUT2D eigenvalue weighted by atomic mass is 10.1. The predicted molar refractivity (Wildman–Crippen MR) is 122 cm³/mol. The molecule has 3 aromatic rings. The lowest BCUT2D eigenvalue weighted by Crippen LogP contribution is -2.28.